The van der Waals surface area contributed by atoms with Crippen LogP contribution in [0.3, 0.4) is 0 Å². The first-order chi connectivity index (χ1) is 14.9. The Labute approximate surface area is 180 Å². The van der Waals surface area contributed by atoms with Crippen LogP contribution in [0, 0.1) is 12.7 Å². The Bertz CT molecular complexity index is 1250. The molecule has 0 bridgehead atoms. The van der Waals surface area contributed by atoms with Gasteiger partial charge in [-0.1, -0.05) is 12.1 Å². The van der Waals surface area contributed by atoms with Gasteiger partial charge in [-0.25, -0.2) is 21.6 Å². The first kappa shape index (κ1) is 23.5. The van der Waals surface area contributed by atoms with Gasteiger partial charge >= 0.3 is 12.1 Å². The first-order valence-corrected chi connectivity index (χ1v) is 10.6. The Morgan fingerprint density at radius 3 is 2.56 bits per heavy atom. The van der Waals surface area contributed by atoms with E-state index < -0.39 is 28.0 Å². The number of ether oxygens (including phenoxy) is 1. The zero-order valence-electron chi connectivity index (χ0n) is 16.9. The molecule has 32 heavy (non-hydrogen) atoms. The zero-order chi connectivity index (χ0) is 23.7. The lowest BCUT2D eigenvalue weighted by Gasteiger charge is -2.17. The van der Waals surface area contributed by atoms with E-state index in [0.29, 0.717) is 16.0 Å². The molecule has 3 aromatic rings. The van der Waals surface area contributed by atoms with Crippen molar-refractivity contribution in [2.45, 2.75) is 18.0 Å². The molecular formula is C20H18F4N2O5S. The molecule has 0 unspecified atom stereocenters. The standard InChI is InChI=1S/C20H18F4N2O5S/c1-13-6-7-14(21)12-18(13)32(28,29)26-9-8-15-16(26)4-3-5-17(15)30-11-10-25(2)31-19(27)20(22,23)24/h3-9,12H,10-11H2,1-2H3. The minimum absolute atomic E-state index is 0.151. The van der Waals surface area contributed by atoms with E-state index in [-0.39, 0.29) is 29.3 Å². The van der Waals surface area contributed by atoms with Gasteiger partial charge in [0.2, 0.25) is 0 Å². The molecule has 0 amide bonds. The van der Waals surface area contributed by atoms with Crippen molar-refractivity contribution in [1.29, 1.82) is 0 Å². The molecule has 12 heteroatoms. The third kappa shape index (κ3) is 4.86. The lowest BCUT2D eigenvalue weighted by molar-refractivity contribution is -0.234. The summed E-state index contributed by atoms with van der Waals surface area (Å²) in [6, 6.07) is 9.58. The molecular weight excluding hydrogens is 456 g/mol. The number of alkyl halides is 3. The molecule has 0 spiro atoms. The number of carbonyl (C=O) groups excluding carboxylic acids is 1. The molecule has 0 N–H and O–H groups in total. The number of hydroxylamine groups is 2. The number of aryl methyl sites for hydroxylation is 1. The molecule has 0 aliphatic rings. The van der Waals surface area contributed by atoms with Crippen LogP contribution in [0.1, 0.15) is 5.56 Å². The van der Waals surface area contributed by atoms with Gasteiger partial charge in [0.25, 0.3) is 10.0 Å². The Kier molecular flexibility index (Phi) is 6.46. The molecule has 2 aromatic carbocycles. The second kappa shape index (κ2) is 8.79. The van der Waals surface area contributed by atoms with Crippen LogP contribution in [0.15, 0.2) is 53.6 Å². The molecule has 0 aliphatic carbocycles. The summed E-state index contributed by atoms with van der Waals surface area (Å²) >= 11 is 0. The van der Waals surface area contributed by atoms with E-state index in [1.807, 2.05) is 0 Å². The van der Waals surface area contributed by atoms with Gasteiger partial charge in [0, 0.05) is 18.6 Å². The minimum Gasteiger partial charge on any atom is -0.491 e. The fourth-order valence-electron chi connectivity index (χ4n) is 2.93. The molecule has 0 aliphatic heterocycles. The quantitative estimate of drug-likeness (QED) is 0.384. The van der Waals surface area contributed by atoms with Crippen molar-refractivity contribution < 1.29 is 40.3 Å². The van der Waals surface area contributed by atoms with Crippen LogP contribution >= 0.6 is 0 Å². The van der Waals surface area contributed by atoms with Crippen LogP contribution in [-0.2, 0) is 19.7 Å². The van der Waals surface area contributed by atoms with Crippen molar-refractivity contribution >= 4 is 26.9 Å². The van der Waals surface area contributed by atoms with Gasteiger partial charge in [0.1, 0.15) is 18.2 Å². The van der Waals surface area contributed by atoms with Crippen molar-refractivity contribution in [2.24, 2.45) is 0 Å². The van der Waals surface area contributed by atoms with Crippen LogP contribution in [0.25, 0.3) is 10.9 Å². The average molecular weight is 474 g/mol. The summed E-state index contributed by atoms with van der Waals surface area (Å²) in [6.45, 7) is 1.22. The predicted octanol–water partition coefficient (Wildman–Crippen LogP) is 3.66. The molecule has 1 heterocycles. The van der Waals surface area contributed by atoms with Gasteiger partial charge in [-0.3, -0.25) is 0 Å². The molecule has 0 saturated heterocycles. The molecule has 0 saturated carbocycles. The zero-order valence-corrected chi connectivity index (χ0v) is 17.7. The summed E-state index contributed by atoms with van der Waals surface area (Å²) in [5.74, 6) is -2.77. The number of hydrogen-bond donors (Lipinski definition) is 0. The summed E-state index contributed by atoms with van der Waals surface area (Å²) in [7, 11) is -2.97. The number of nitrogens with zero attached hydrogens (tertiary/aromatic N) is 2. The molecule has 3 rings (SSSR count). The van der Waals surface area contributed by atoms with Crippen LogP contribution in [0.4, 0.5) is 17.6 Å². The van der Waals surface area contributed by atoms with Gasteiger partial charge in [0.05, 0.1) is 17.0 Å². The Hall–Kier alpha value is -3.12. The van der Waals surface area contributed by atoms with Crippen molar-refractivity contribution in [1.82, 2.24) is 9.04 Å². The largest absolute Gasteiger partial charge is 0.492 e. The van der Waals surface area contributed by atoms with Crippen LogP contribution in [0.2, 0.25) is 0 Å². The van der Waals surface area contributed by atoms with E-state index in [1.54, 1.807) is 13.0 Å². The maximum absolute atomic E-state index is 13.7. The molecule has 1 aromatic heterocycles. The highest BCUT2D eigenvalue weighted by Gasteiger charge is 2.42. The fraction of sp³-hybridized carbons (Fsp3) is 0.250. The Balaban J connectivity index is 1.80. The van der Waals surface area contributed by atoms with E-state index in [4.69, 9.17) is 4.74 Å². The molecule has 7 nitrogen and oxygen atoms in total. The normalized spacial score (nSPS) is 12.3. The Morgan fingerprint density at radius 2 is 1.88 bits per heavy atom. The summed E-state index contributed by atoms with van der Waals surface area (Å²) < 4.78 is 83.1. The molecule has 172 valence electrons. The summed E-state index contributed by atoms with van der Waals surface area (Å²) in [4.78, 5) is 14.8. The SMILES string of the molecule is Cc1ccc(F)cc1S(=O)(=O)n1ccc2c(OCCN(C)OC(=O)C(F)(F)F)cccc21. The highest BCUT2D eigenvalue weighted by molar-refractivity contribution is 7.90. The van der Waals surface area contributed by atoms with E-state index >= 15 is 0 Å². The van der Waals surface area contributed by atoms with Gasteiger partial charge in [0.15, 0.2) is 0 Å². The predicted molar refractivity (Wildman–Crippen MR) is 106 cm³/mol. The molecule has 0 radical (unpaired) electrons. The number of carbonyl (C=O) groups is 1. The third-order valence-corrected chi connectivity index (χ3v) is 6.31. The van der Waals surface area contributed by atoms with E-state index in [1.165, 1.54) is 30.5 Å². The van der Waals surface area contributed by atoms with Crippen molar-refractivity contribution in [3.8, 4) is 5.75 Å². The number of aromatic nitrogens is 1. The molecule has 0 atom stereocenters. The maximum atomic E-state index is 13.7. The summed E-state index contributed by atoms with van der Waals surface area (Å²) in [5, 5.41) is 1.10. The monoisotopic (exact) mass is 474 g/mol. The molecule has 0 fully saturated rings. The first-order valence-electron chi connectivity index (χ1n) is 9.16. The van der Waals surface area contributed by atoms with Gasteiger partial charge in [-0.2, -0.15) is 13.2 Å². The van der Waals surface area contributed by atoms with Gasteiger partial charge in [-0.15, -0.1) is 5.06 Å². The number of hydrogen-bond acceptors (Lipinski definition) is 6. The number of fused-ring (bicyclic) bond motifs is 1. The van der Waals surface area contributed by atoms with E-state index in [0.717, 1.165) is 23.2 Å². The van der Waals surface area contributed by atoms with Crippen LogP contribution in [0.5, 0.6) is 5.75 Å². The second-order valence-corrected chi connectivity index (χ2v) is 8.58. The van der Waals surface area contributed by atoms with Crippen molar-refractivity contribution in [3.05, 3.63) is 60.0 Å². The van der Waals surface area contributed by atoms with Gasteiger partial charge < -0.3 is 9.57 Å². The lowest BCUT2D eigenvalue weighted by Crippen LogP contribution is -2.34. The lowest BCUT2D eigenvalue weighted by atomic mass is 10.2. The topological polar surface area (TPSA) is 77.8 Å². The number of halogens is 4. The summed E-state index contributed by atoms with van der Waals surface area (Å²) in [5.41, 5.74) is 0.639. The second-order valence-electron chi connectivity index (χ2n) is 6.79. The van der Waals surface area contributed by atoms with Gasteiger partial charge in [-0.05, 0) is 42.8 Å². The third-order valence-electron chi connectivity index (χ3n) is 4.48. The minimum atomic E-state index is -5.12. The van der Waals surface area contributed by atoms with Crippen molar-refractivity contribution in [2.75, 3.05) is 20.2 Å². The smallest absolute Gasteiger partial charge is 0.491 e. The van der Waals surface area contributed by atoms with Crippen LogP contribution < -0.4 is 4.74 Å². The number of likely N-dealkylation sites (N-methyl/N-ethyl adjacent to an activating group) is 1. The number of rotatable bonds is 7. The van der Waals surface area contributed by atoms with E-state index in [9.17, 15) is 30.8 Å². The van der Waals surface area contributed by atoms with E-state index in [2.05, 4.69) is 4.84 Å². The highest BCUT2D eigenvalue weighted by Crippen LogP contribution is 2.30. The van der Waals surface area contributed by atoms with Crippen molar-refractivity contribution in [3.63, 3.8) is 0 Å². The fourth-order valence-corrected chi connectivity index (χ4v) is 4.52. The maximum Gasteiger partial charge on any atom is 0.492 e. The average Bonchev–Trinajstić information content (AvgIpc) is 3.15. The Morgan fingerprint density at radius 1 is 1.16 bits per heavy atom. The summed E-state index contributed by atoms with van der Waals surface area (Å²) in [6.07, 6.45) is -3.82. The van der Waals surface area contributed by atoms with Crippen LogP contribution in [-0.4, -0.2) is 49.8 Å². The number of benzene rings is 2. The highest BCUT2D eigenvalue weighted by atomic mass is 32.2.